The summed E-state index contributed by atoms with van der Waals surface area (Å²) >= 11 is 1.27. The van der Waals surface area contributed by atoms with Gasteiger partial charge in [-0.05, 0) is 62.1 Å². The van der Waals surface area contributed by atoms with Crippen LogP contribution in [0.15, 0.2) is 55.0 Å². The molecular formula is C34H32FN9O2S. The summed E-state index contributed by atoms with van der Waals surface area (Å²) in [6.07, 6.45) is 8.72. The van der Waals surface area contributed by atoms with Crippen molar-refractivity contribution in [3.8, 4) is 28.5 Å². The smallest absolute Gasteiger partial charge is 0.312 e. The first-order chi connectivity index (χ1) is 22.8. The first-order valence-electron chi connectivity index (χ1n) is 15.7. The molecule has 2 fully saturated rings. The third-order valence-corrected chi connectivity index (χ3v) is 9.95. The van der Waals surface area contributed by atoms with Gasteiger partial charge in [-0.15, -0.1) is 0 Å². The highest BCUT2D eigenvalue weighted by Crippen LogP contribution is 2.37. The minimum absolute atomic E-state index is 0.118. The number of carbonyl (C=O) groups is 2. The molecule has 0 bridgehead atoms. The quantitative estimate of drug-likeness (QED) is 0.230. The van der Waals surface area contributed by atoms with Gasteiger partial charge in [0.15, 0.2) is 5.13 Å². The Morgan fingerprint density at radius 2 is 1.62 bits per heavy atom. The predicted octanol–water partition coefficient (Wildman–Crippen LogP) is 5.19. The van der Waals surface area contributed by atoms with Gasteiger partial charge < -0.3 is 14.7 Å². The molecule has 1 aromatic carbocycles. The Kier molecular flexibility index (Phi) is 8.11. The largest absolute Gasteiger partial charge is 0.334 e. The number of amides is 2. The number of anilines is 2. The van der Waals surface area contributed by atoms with Crippen LogP contribution >= 0.6 is 11.3 Å². The zero-order chi connectivity index (χ0) is 32.7. The van der Waals surface area contributed by atoms with Gasteiger partial charge in [0.1, 0.15) is 39.7 Å². The molecule has 0 atom stereocenters. The molecule has 11 nitrogen and oxygen atoms in total. The molecule has 5 aromatic rings. The van der Waals surface area contributed by atoms with Crippen molar-refractivity contribution in [1.82, 2.24) is 34.1 Å². The van der Waals surface area contributed by atoms with Gasteiger partial charge in [0.05, 0.1) is 5.69 Å². The van der Waals surface area contributed by atoms with E-state index in [1.807, 2.05) is 54.0 Å². The molecule has 0 unspecified atom stereocenters. The number of carbonyl (C=O) groups excluding carboxylic acids is 2. The fraction of sp³-hybridized carbons (Fsp3) is 0.324. The summed E-state index contributed by atoms with van der Waals surface area (Å²) in [5.74, 6) is 0.547. The molecule has 4 aromatic heterocycles. The summed E-state index contributed by atoms with van der Waals surface area (Å²) in [5, 5.41) is 10.5. The Bertz CT molecular complexity index is 2000. The van der Waals surface area contributed by atoms with Gasteiger partial charge in [-0.2, -0.15) is 5.26 Å². The topological polar surface area (TPSA) is 124 Å². The monoisotopic (exact) mass is 649 g/mol. The molecule has 47 heavy (non-hydrogen) atoms. The van der Waals surface area contributed by atoms with Crippen molar-refractivity contribution in [3.05, 3.63) is 77.2 Å². The number of hydrogen-bond acceptors (Lipinski definition) is 9. The molecule has 2 aliphatic heterocycles. The number of likely N-dealkylation sites (tertiary alicyclic amines) is 2. The fourth-order valence-electron chi connectivity index (χ4n) is 6.09. The fourth-order valence-corrected chi connectivity index (χ4v) is 6.94. The van der Waals surface area contributed by atoms with Crippen LogP contribution in [-0.2, 0) is 16.0 Å². The SMILES string of the molecule is CCc1nc2ccc(-c3cnc(C4CCN(C(=O)C(=O)N5CCC5)CC4)nc3)cn2c1N(C)c1nc(-c2ccc(F)cc2)c(C#N)s1. The van der Waals surface area contributed by atoms with Crippen molar-refractivity contribution in [2.24, 2.45) is 0 Å². The summed E-state index contributed by atoms with van der Waals surface area (Å²) in [6, 6.07) is 12.2. The van der Waals surface area contributed by atoms with Crippen molar-refractivity contribution >= 4 is 39.7 Å². The molecule has 0 radical (unpaired) electrons. The molecule has 0 aliphatic carbocycles. The van der Waals surface area contributed by atoms with Gasteiger partial charge in [0, 0.05) is 74.4 Å². The lowest BCUT2D eigenvalue weighted by Gasteiger charge is -2.35. The standard InChI is InChI=1S/C34H32FN9O2S/c1-3-26-31(41(2)34-40-29(27(17-36)47-34)21-5-8-25(35)9-6-21)44-20-23(7-10-28(44)39-26)24-18-37-30(38-19-24)22-11-15-43(16-12-22)33(46)32(45)42-13-4-14-42/h5-10,18-20,22H,3-4,11-16H2,1-2H3. The van der Waals surface area contributed by atoms with Gasteiger partial charge in [0.25, 0.3) is 0 Å². The lowest BCUT2D eigenvalue weighted by molar-refractivity contribution is -0.154. The maximum Gasteiger partial charge on any atom is 0.312 e. The van der Waals surface area contributed by atoms with E-state index in [0.29, 0.717) is 66.7 Å². The first-order valence-corrected chi connectivity index (χ1v) is 16.5. The van der Waals surface area contributed by atoms with Crippen LogP contribution in [0.25, 0.3) is 28.0 Å². The molecule has 238 valence electrons. The van der Waals surface area contributed by atoms with Crippen molar-refractivity contribution < 1.29 is 14.0 Å². The number of hydrogen-bond donors (Lipinski definition) is 0. The Morgan fingerprint density at radius 3 is 2.23 bits per heavy atom. The van der Waals surface area contributed by atoms with Gasteiger partial charge >= 0.3 is 11.8 Å². The van der Waals surface area contributed by atoms with Gasteiger partial charge in [-0.25, -0.2) is 24.3 Å². The van der Waals surface area contributed by atoms with Crippen molar-refractivity contribution in [1.29, 1.82) is 5.26 Å². The van der Waals surface area contributed by atoms with Gasteiger partial charge in [0.2, 0.25) is 0 Å². The molecule has 2 aliphatic rings. The number of aromatic nitrogens is 5. The number of benzene rings is 1. The van der Waals surface area contributed by atoms with Crippen LogP contribution in [-0.4, -0.2) is 79.2 Å². The Morgan fingerprint density at radius 1 is 0.957 bits per heavy atom. The third-order valence-electron chi connectivity index (χ3n) is 8.92. The second-order valence-corrected chi connectivity index (χ2v) is 12.8. The highest BCUT2D eigenvalue weighted by atomic mass is 32.1. The molecule has 2 saturated heterocycles. The maximum atomic E-state index is 13.6. The van der Waals surface area contributed by atoms with Crippen molar-refractivity contribution in [2.45, 2.75) is 38.5 Å². The van der Waals surface area contributed by atoms with Crippen molar-refractivity contribution in [2.75, 3.05) is 38.1 Å². The lowest BCUT2D eigenvalue weighted by Crippen LogP contribution is -2.52. The highest BCUT2D eigenvalue weighted by Gasteiger charge is 2.33. The third kappa shape index (κ3) is 5.69. The number of pyridine rings is 1. The van der Waals surface area contributed by atoms with Crippen molar-refractivity contribution in [3.63, 3.8) is 0 Å². The summed E-state index contributed by atoms with van der Waals surface area (Å²) < 4.78 is 15.6. The molecule has 0 spiro atoms. The zero-order valence-corrected chi connectivity index (χ0v) is 26.9. The Labute approximate surface area is 274 Å². The molecule has 6 heterocycles. The van der Waals surface area contributed by atoms with Crippen LogP contribution < -0.4 is 4.90 Å². The van der Waals surface area contributed by atoms with Crippen LogP contribution in [0.3, 0.4) is 0 Å². The van der Waals surface area contributed by atoms with E-state index >= 15 is 0 Å². The summed E-state index contributed by atoms with van der Waals surface area (Å²) in [5.41, 5.74) is 4.60. The number of rotatable bonds is 6. The van der Waals surface area contributed by atoms with Gasteiger partial charge in [-0.3, -0.25) is 14.0 Å². The number of thiazole rings is 1. The zero-order valence-electron chi connectivity index (χ0n) is 26.1. The second kappa shape index (κ2) is 12.5. The number of imidazole rings is 1. The van der Waals surface area contributed by atoms with E-state index < -0.39 is 5.91 Å². The van der Waals surface area contributed by atoms with E-state index in [9.17, 15) is 19.2 Å². The molecule has 13 heteroatoms. The van der Waals surface area contributed by atoms with E-state index in [2.05, 4.69) is 6.07 Å². The van der Waals surface area contributed by atoms with Crippen LogP contribution in [0.1, 0.15) is 48.5 Å². The summed E-state index contributed by atoms with van der Waals surface area (Å²) in [7, 11) is 1.90. The number of piperidine rings is 1. The van der Waals surface area contributed by atoms with Crippen LogP contribution in [0, 0.1) is 17.1 Å². The molecule has 2 amide bonds. The van der Waals surface area contributed by atoms with Crippen LogP contribution in [0.2, 0.25) is 0 Å². The number of nitriles is 1. The molecule has 7 rings (SSSR count). The minimum Gasteiger partial charge on any atom is -0.334 e. The van der Waals surface area contributed by atoms with E-state index in [1.165, 1.54) is 23.5 Å². The average molecular weight is 650 g/mol. The number of nitrogens with zero attached hydrogens (tertiary/aromatic N) is 9. The maximum absolute atomic E-state index is 13.6. The number of halogens is 1. The van der Waals surface area contributed by atoms with E-state index in [1.54, 1.807) is 21.9 Å². The Hall–Kier alpha value is -5.22. The summed E-state index contributed by atoms with van der Waals surface area (Å²) in [6.45, 7) is 4.41. The van der Waals surface area contributed by atoms with Gasteiger partial charge in [-0.1, -0.05) is 18.3 Å². The average Bonchev–Trinajstić information content (AvgIpc) is 3.69. The molecule has 0 saturated carbocycles. The number of aryl methyl sites for hydroxylation is 1. The molecular weight excluding hydrogens is 618 g/mol. The first kappa shape index (κ1) is 30.4. The van der Waals surface area contributed by atoms with E-state index in [0.717, 1.165) is 40.5 Å². The summed E-state index contributed by atoms with van der Waals surface area (Å²) in [4.78, 5) is 49.7. The van der Waals surface area contributed by atoms with E-state index in [4.69, 9.17) is 19.9 Å². The lowest BCUT2D eigenvalue weighted by atomic mass is 9.95. The molecule has 0 N–H and O–H groups in total. The Balaban J connectivity index is 1.11. The van der Waals surface area contributed by atoms with Crippen LogP contribution in [0.5, 0.6) is 0 Å². The minimum atomic E-state index is -0.403. The highest BCUT2D eigenvalue weighted by molar-refractivity contribution is 7.16. The predicted molar refractivity (Wildman–Crippen MR) is 176 cm³/mol. The normalized spacial score (nSPS) is 15.0. The second-order valence-electron chi connectivity index (χ2n) is 11.8. The number of fused-ring (bicyclic) bond motifs is 1. The van der Waals surface area contributed by atoms with Crippen LogP contribution in [0.4, 0.5) is 15.3 Å². The van der Waals surface area contributed by atoms with E-state index in [-0.39, 0.29) is 17.6 Å².